The van der Waals surface area contributed by atoms with E-state index in [4.69, 9.17) is 0 Å². The van der Waals surface area contributed by atoms with Crippen molar-refractivity contribution in [2.24, 2.45) is 0 Å². The first kappa shape index (κ1) is 16.0. The van der Waals surface area contributed by atoms with Crippen LogP contribution in [-0.4, -0.2) is 18.1 Å². The van der Waals surface area contributed by atoms with Crippen LogP contribution >= 0.6 is 0 Å². The molecule has 2 nitrogen and oxygen atoms in total. The van der Waals surface area contributed by atoms with E-state index in [2.05, 4.69) is 76.9 Å². The minimum Gasteiger partial charge on any atom is -0.369 e. The molecule has 0 spiro atoms. The van der Waals surface area contributed by atoms with Crippen molar-refractivity contribution in [3.8, 4) is 0 Å². The van der Waals surface area contributed by atoms with Crippen LogP contribution in [0.1, 0.15) is 52.7 Å². The molecule has 0 aliphatic carbocycles. The third-order valence-corrected chi connectivity index (χ3v) is 3.43. The van der Waals surface area contributed by atoms with Crippen LogP contribution in [0.3, 0.4) is 0 Å². The van der Waals surface area contributed by atoms with Crippen molar-refractivity contribution < 1.29 is 0 Å². The molecule has 0 saturated carbocycles. The first-order valence-corrected chi connectivity index (χ1v) is 7.35. The standard InChI is InChI=1S/C17H30N2/c1-8-19(13(2)3)16-10-9-15(14(4)11-16)12-18-17(5,6)7/h9-11,13,18H,8,12H2,1-7H3. The quantitative estimate of drug-likeness (QED) is 0.859. The van der Waals surface area contributed by atoms with Gasteiger partial charge in [-0.05, 0) is 71.7 Å². The number of hydrogen-bond acceptors (Lipinski definition) is 2. The minimum absolute atomic E-state index is 0.165. The molecule has 1 N–H and O–H groups in total. The van der Waals surface area contributed by atoms with E-state index in [0.717, 1.165) is 13.1 Å². The van der Waals surface area contributed by atoms with Crippen molar-refractivity contribution in [1.82, 2.24) is 5.32 Å². The molecule has 0 aliphatic heterocycles. The number of nitrogens with zero attached hydrogens (tertiary/aromatic N) is 1. The van der Waals surface area contributed by atoms with Gasteiger partial charge in [0.25, 0.3) is 0 Å². The van der Waals surface area contributed by atoms with Crippen LogP contribution in [-0.2, 0) is 6.54 Å². The Kier molecular flexibility index (Phi) is 5.42. The lowest BCUT2D eigenvalue weighted by Gasteiger charge is -2.28. The summed E-state index contributed by atoms with van der Waals surface area (Å²) in [4.78, 5) is 2.42. The van der Waals surface area contributed by atoms with Crippen LogP contribution in [0.2, 0.25) is 0 Å². The van der Waals surface area contributed by atoms with Crippen LogP contribution in [0.5, 0.6) is 0 Å². The third kappa shape index (κ3) is 4.87. The summed E-state index contributed by atoms with van der Waals surface area (Å²) in [6.45, 7) is 17.5. The second-order valence-electron chi connectivity index (χ2n) is 6.59. The molecule has 1 aromatic rings. The molecule has 0 fully saturated rings. The molecule has 0 aliphatic rings. The molecule has 0 radical (unpaired) electrons. The first-order valence-electron chi connectivity index (χ1n) is 7.35. The van der Waals surface area contributed by atoms with Gasteiger partial charge in [-0.1, -0.05) is 6.07 Å². The van der Waals surface area contributed by atoms with Gasteiger partial charge in [-0.15, -0.1) is 0 Å². The topological polar surface area (TPSA) is 15.3 Å². The Bertz CT molecular complexity index is 402. The van der Waals surface area contributed by atoms with Crippen LogP contribution in [0.15, 0.2) is 18.2 Å². The van der Waals surface area contributed by atoms with Crippen molar-refractivity contribution in [3.05, 3.63) is 29.3 Å². The van der Waals surface area contributed by atoms with Crippen molar-refractivity contribution in [1.29, 1.82) is 0 Å². The SMILES string of the molecule is CCN(c1ccc(CNC(C)(C)C)c(C)c1)C(C)C. The second kappa shape index (κ2) is 6.42. The highest BCUT2D eigenvalue weighted by molar-refractivity contribution is 5.51. The Morgan fingerprint density at radius 3 is 2.26 bits per heavy atom. The average molecular weight is 262 g/mol. The maximum Gasteiger partial charge on any atom is 0.0371 e. The van der Waals surface area contributed by atoms with Gasteiger partial charge in [-0.25, -0.2) is 0 Å². The molecule has 0 heterocycles. The largest absolute Gasteiger partial charge is 0.369 e. The summed E-state index contributed by atoms with van der Waals surface area (Å²) in [5.74, 6) is 0. The highest BCUT2D eigenvalue weighted by Gasteiger charge is 2.12. The fourth-order valence-corrected chi connectivity index (χ4v) is 2.26. The summed E-state index contributed by atoms with van der Waals surface area (Å²) < 4.78 is 0. The summed E-state index contributed by atoms with van der Waals surface area (Å²) in [6, 6.07) is 7.36. The number of aryl methyl sites for hydroxylation is 1. The zero-order chi connectivity index (χ0) is 14.6. The van der Waals surface area contributed by atoms with Gasteiger partial charge in [-0.3, -0.25) is 0 Å². The Labute approximate surface area is 119 Å². The average Bonchev–Trinajstić information content (AvgIpc) is 2.27. The van der Waals surface area contributed by atoms with Gasteiger partial charge in [0, 0.05) is 30.4 Å². The monoisotopic (exact) mass is 262 g/mol. The van der Waals surface area contributed by atoms with Crippen molar-refractivity contribution in [3.63, 3.8) is 0 Å². The molecule has 0 amide bonds. The van der Waals surface area contributed by atoms with E-state index in [9.17, 15) is 0 Å². The van der Waals surface area contributed by atoms with E-state index in [-0.39, 0.29) is 5.54 Å². The lowest BCUT2D eigenvalue weighted by Crippen LogP contribution is -2.35. The predicted molar refractivity (Wildman–Crippen MR) is 85.9 cm³/mol. The van der Waals surface area contributed by atoms with Gasteiger partial charge < -0.3 is 10.2 Å². The summed E-state index contributed by atoms with van der Waals surface area (Å²) in [7, 11) is 0. The summed E-state index contributed by atoms with van der Waals surface area (Å²) in [6.07, 6.45) is 0. The summed E-state index contributed by atoms with van der Waals surface area (Å²) in [5, 5.41) is 3.55. The Balaban J connectivity index is 2.85. The maximum absolute atomic E-state index is 3.55. The van der Waals surface area contributed by atoms with Crippen molar-refractivity contribution in [2.45, 2.75) is 66.6 Å². The lowest BCUT2D eigenvalue weighted by molar-refractivity contribution is 0.424. The Hall–Kier alpha value is -1.02. The predicted octanol–water partition coefficient (Wildman–Crippen LogP) is 4.12. The van der Waals surface area contributed by atoms with E-state index in [1.165, 1.54) is 16.8 Å². The summed E-state index contributed by atoms with van der Waals surface area (Å²) >= 11 is 0. The van der Waals surface area contributed by atoms with Gasteiger partial charge >= 0.3 is 0 Å². The first-order chi connectivity index (χ1) is 8.74. The van der Waals surface area contributed by atoms with E-state index in [0.29, 0.717) is 6.04 Å². The molecule has 2 heteroatoms. The molecule has 0 aromatic heterocycles. The lowest BCUT2D eigenvalue weighted by atomic mass is 10.0. The fraction of sp³-hybridized carbons (Fsp3) is 0.647. The smallest absolute Gasteiger partial charge is 0.0371 e. The van der Waals surface area contributed by atoms with E-state index in [1.807, 2.05) is 0 Å². The van der Waals surface area contributed by atoms with Crippen molar-refractivity contribution in [2.75, 3.05) is 11.4 Å². The molecule has 108 valence electrons. The normalized spacial score (nSPS) is 12.0. The maximum atomic E-state index is 3.55. The zero-order valence-corrected chi connectivity index (χ0v) is 13.7. The molecule has 0 atom stereocenters. The van der Waals surface area contributed by atoms with E-state index in [1.54, 1.807) is 0 Å². The minimum atomic E-state index is 0.165. The number of rotatable bonds is 5. The molecule has 0 unspecified atom stereocenters. The molecule has 0 bridgehead atoms. The molecule has 1 aromatic carbocycles. The Morgan fingerprint density at radius 1 is 1.21 bits per heavy atom. The Morgan fingerprint density at radius 2 is 1.84 bits per heavy atom. The fourth-order valence-electron chi connectivity index (χ4n) is 2.26. The van der Waals surface area contributed by atoms with Crippen LogP contribution in [0.4, 0.5) is 5.69 Å². The number of hydrogen-bond donors (Lipinski definition) is 1. The van der Waals surface area contributed by atoms with E-state index < -0.39 is 0 Å². The van der Waals surface area contributed by atoms with Crippen LogP contribution in [0, 0.1) is 6.92 Å². The zero-order valence-electron chi connectivity index (χ0n) is 13.7. The number of benzene rings is 1. The van der Waals surface area contributed by atoms with Gasteiger partial charge in [0.05, 0.1) is 0 Å². The van der Waals surface area contributed by atoms with Gasteiger partial charge in [0.15, 0.2) is 0 Å². The molecular formula is C17H30N2. The molecular weight excluding hydrogens is 232 g/mol. The molecule has 0 saturated heterocycles. The van der Waals surface area contributed by atoms with E-state index >= 15 is 0 Å². The number of nitrogens with one attached hydrogen (secondary N) is 1. The van der Waals surface area contributed by atoms with Gasteiger partial charge in [-0.2, -0.15) is 0 Å². The van der Waals surface area contributed by atoms with Crippen LogP contribution < -0.4 is 10.2 Å². The highest BCUT2D eigenvalue weighted by Crippen LogP contribution is 2.21. The van der Waals surface area contributed by atoms with Gasteiger partial charge in [0.1, 0.15) is 0 Å². The molecule has 1 rings (SSSR count). The second-order valence-corrected chi connectivity index (χ2v) is 6.59. The van der Waals surface area contributed by atoms with Crippen LogP contribution in [0.25, 0.3) is 0 Å². The third-order valence-electron chi connectivity index (χ3n) is 3.43. The summed E-state index contributed by atoms with van der Waals surface area (Å²) in [5.41, 5.74) is 4.25. The molecule has 19 heavy (non-hydrogen) atoms. The highest BCUT2D eigenvalue weighted by atomic mass is 15.1. The van der Waals surface area contributed by atoms with Crippen molar-refractivity contribution >= 4 is 5.69 Å². The van der Waals surface area contributed by atoms with Gasteiger partial charge in [0.2, 0.25) is 0 Å². The number of anilines is 1.